The smallest absolute Gasteiger partial charge is 0.238 e. The van der Waals surface area contributed by atoms with Crippen LogP contribution in [0.1, 0.15) is 30.7 Å². The molecule has 0 radical (unpaired) electrons. The highest BCUT2D eigenvalue weighted by atomic mass is 19.3. The monoisotopic (exact) mass is 233 g/mol. The normalized spacial score (nSPS) is 13.4. The summed E-state index contributed by atoms with van der Waals surface area (Å²) in [5.41, 5.74) is 1.76. The van der Waals surface area contributed by atoms with E-state index in [9.17, 15) is 13.9 Å². The van der Waals surface area contributed by atoms with Gasteiger partial charge < -0.3 is 5.11 Å². The minimum atomic E-state index is -2.34. The van der Waals surface area contributed by atoms with E-state index in [4.69, 9.17) is 0 Å². The molecule has 0 saturated heterocycles. The van der Waals surface area contributed by atoms with E-state index in [-0.39, 0.29) is 12.8 Å². The summed E-state index contributed by atoms with van der Waals surface area (Å²) in [6.45, 7) is 1.84. The van der Waals surface area contributed by atoms with Gasteiger partial charge in [0.05, 0.1) is 17.5 Å². The van der Waals surface area contributed by atoms with Gasteiger partial charge in [0, 0.05) is 13.5 Å². The quantitative estimate of drug-likeness (QED) is 0.809. The van der Waals surface area contributed by atoms with Crippen LogP contribution in [0.15, 0.2) is 0 Å². The van der Waals surface area contributed by atoms with Crippen molar-refractivity contribution < 1.29 is 13.9 Å². The molecule has 1 rings (SSSR count). The molecule has 1 atom stereocenters. The molecule has 92 valence electrons. The maximum absolute atomic E-state index is 11.9. The first-order valence-electron chi connectivity index (χ1n) is 5.32. The molecule has 16 heavy (non-hydrogen) atoms. The van der Waals surface area contributed by atoms with Gasteiger partial charge in [0.25, 0.3) is 0 Å². The van der Waals surface area contributed by atoms with Crippen molar-refractivity contribution in [3.05, 3.63) is 11.4 Å². The van der Waals surface area contributed by atoms with Gasteiger partial charge in [0.2, 0.25) is 6.43 Å². The molecular formula is C10H17F2N3O. The van der Waals surface area contributed by atoms with Crippen LogP contribution in [-0.2, 0) is 13.5 Å². The Kier molecular flexibility index (Phi) is 4.79. The molecule has 0 aliphatic carbocycles. The summed E-state index contributed by atoms with van der Waals surface area (Å²) in [6, 6.07) is 0. The average Bonchev–Trinajstić information content (AvgIpc) is 2.53. The van der Waals surface area contributed by atoms with Gasteiger partial charge >= 0.3 is 0 Å². The number of aromatic nitrogens is 3. The van der Waals surface area contributed by atoms with E-state index in [2.05, 4.69) is 10.3 Å². The summed E-state index contributed by atoms with van der Waals surface area (Å²) in [6.07, 6.45) is -2.04. The van der Waals surface area contributed by atoms with Crippen molar-refractivity contribution in [3.63, 3.8) is 0 Å². The number of aryl methyl sites for hydroxylation is 2. The fourth-order valence-electron chi connectivity index (χ4n) is 1.59. The minimum absolute atomic E-state index is 0.141. The van der Waals surface area contributed by atoms with Gasteiger partial charge in [-0.15, -0.1) is 5.10 Å². The summed E-state index contributed by atoms with van der Waals surface area (Å²) >= 11 is 0. The van der Waals surface area contributed by atoms with Gasteiger partial charge in [-0.1, -0.05) is 5.21 Å². The SMILES string of the molecule is Cc1nnn(C)c1CCC(O)CCC(F)F. The van der Waals surface area contributed by atoms with Crippen LogP contribution in [0.25, 0.3) is 0 Å². The van der Waals surface area contributed by atoms with Crippen molar-refractivity contribution in [2.45, 2.75) is 45.1 Å². The zero-order chi connectivity index (χ0) is 12.1. The highest BCUT2D eigenvalue weighted by molar-refractivity contribution is 5.07. The number of hydrogen-bond donors (Lipinski definition) is 1. The van der Waals surface area contributed by atoms with Gasteiger partial charge in [-0.25, -0.2) is 8.78 Å². The van der Waals surface area contributed by atoms with E-state index in [1.165, 1.54) is 0 Å². The third kappa shape index (κ3) is 3.84. The Balaban J connectivity index is 2.34. The predicted molar refractivity (Wildman–Crippen MR) is 55.3 cm³/mol. The lowest BCUT2D eigenvalue weighted by Crippen LogP contribution is -2.11. The predicted octanol–water partition coefficient (Wildman–Crippen LogP) is 1.46. The van der Waals surface area contributed by atoms with Crippen molar-refractivity contribution in [3.8, 4) is 0 Å². The number of aliphatic hydroxyl groups is 1. The van der Waals surface area contributed by atoms with Crippen LogP contribution in [0.5, 0.6) is 0 Å². The van der Waals surface area contributed by atoms with E-state index in [0.717, 1.165) is 11.4 Å². The highest BCUT2D eigenvalue weighted by Crippen LogP contribution is 2.12. The second-order valence-corrected chi connectivity index (χ2v) is 3.91. The van der Waals surface area contributed by atoms with E-state index in [0.29, 0.717) is 12.8 Å². The summed E-state index contributed by atoms with van der Waals surface area (Å²) in [5, 5.41) is 17.2. The fraction of sp³-hybridized carbons (Fsp3) is 0.800. The molecule has 0 aliphatic rings. The first-order chi connectivity index (χ1) is 7.50. The second kappa shape index (κ2) is 5.89. The van der Waals surface area contributed by atoms with Crippen molar-refractivity contribution >= 4 is 0 Å². The molecule has 0 amide bonds. The van der Waals surface area contributed by atoms with Gasteiger partial charge in [-0.3, -0.25) is 4.68 Å². The number of aliphatic hydroxyl groups excluding tert-OH is 1. The largest absolute Gasteiger partial charge is 0.393 e. The Labute approximate surface area is 93.3 Å². The van der Waals surface area contributed by atoms with Gasteiger partial charge in [-0.2, -0.15) is 0 Å². The molecule has 6 heteroatoms. The fourth-order valence-corrected chi connectivity index (χ4v) is 1.59. The number of rotatable bonds is 6. The molecule has 1 unspecified atom stereocenters. The number of hydrogen-bond acceptors (Lipinski definition) is 3. The summed E-state index contributed by atoms with van der Waals surface area (Å²) in [4.78, 5) is 0. The van der Waals surface area contributed by atoms with Gasteiger partial charge in [0.1, 0.15) is 0 Å². The van der Waals surface area contributed by atoms with Crippen LogP contribution in [0.3, 0.4) is 0 Å². The Morgan fingerprint density at radius 3 is 2.50 bits per heavy atom. The molecule has 0 saturated carbocycles. The lowest BCUT2D eigenvalue weighted by Gasteiger charge is -2.10. The Hall–Kier alpha value is -1.04. The topological polar surface area (TPSA) is 50.9 Å². The van der Waals surface area contributed by atoms with Crippen molar-refractivity contribution in [1.29, 1.82) is 0 Å². The molecule has 0 fully saturated rings. The Morgan fingerprint density at radius 1 is 1.31 bits per heavy atom. The average molecular weight is 233 g/mol. The number of halogens is 2. The van der Waals surface area contributed by atoms with Crippen LogP contribution in [-0.4, -0.2) is 32.6 Å². The van der Waals surface area contributed by atoms with Crippen LogP contribution in [0.4, 0.5) is 8.78 Å². The zero-order valence-corrected chi connectivity index (χ0v) is 9.53. The van der Waals surface area contributed by atoms with Gasteiger partial charge in [-0.05, 0) is 26.2 Å². The van der Waals surface area contributed by atoms with E-state index >= 15 is 0 Å². The zero-order valence-electron chi connectivity index (χ0n) is 9.53. The first kappa shape index (κ1) is 13.0. The summed E-state index contributed by atoms with van der Waals surface area (Å²) in [5.74, 6) is 0. The number of alkyl halides is 2. The van der Waals surface area contributed by atoms with Crippen molar-refractivity contribution in [2.75, 3.05) is 0 Å². The van der Waals surface area contributed by atoms with Crippen LogP contribution >= 0.6 is 0 Å². The molecule has 1 heterocycles. The van der Waals surface area contributed by atoms with Crippen LogP contribution in [0.2, 0.25) is 0 Å². The highest BCUT2D eigenvalue weighted by Gasteiger charge is 2.12. The Bertz CT molecular complexity index is 308. The molecule has 1 aromatic heterocycles. The maximum Gasteiger partial charge on any atom is 0.238 e. The molecule has 0 spiro atoms. The summed E-state index contributed by atoms with van der Waals surface area (Å²) in [7, 11) is 1.78. The molecule has 1 N–H and O–H groups in total. The first-order valence-corrected chi connectivity index (χ1v) is 5.32. The van der Waals surface area contributed by atoms with Crippen molar-refractivity contribution in [1.82, 2.24) is 15.0 Å². The van der Waals surface area contributed by atoms with Gasteiger partial charge in [0.15, 0.2) is 0 Å². The molecule has 0 aromatic carbocycles. The van der Waals surface area contributed by atoms with E-state index < -0.39 is 12.5 Å². The third-order valence-electron chi connectivity index (χ3n) is 2.57. The molecule has 0 bridgehead atoms. The maximum atomic E-state index is 11.9. The van der Waals surface area contributed by atoms with E-state index in [1.54, 1.807) is 11.7 Å². The third-order valence-corrected chi connectivity index (χ3v) is 2.57. The van der Waals surface area contributed by atoms with Crippen LogP contribution < -0.4 is 0 Å². The minimum Gasteiger partial charge on any atom is -0.393 e. The second-order valence-electron chi connectivity index (χ2n) is 3.91. The molecule has 4 nitrogen and oxygen atoms in total. The lowest BCUT2D eigenvalue weighted by atomic mass is 10.1. The summed E-state index contributed by atoms with van der Waals surface area (Å²) < 4.78 is 25.5. The standard InChI is InChI=1S/C10H17F2N3O/c1-7-9(15(2)14-13-7)5-3-8(16)4-6-10(11)12/h8,10,16H,3-6H2,1-2H3. The van der Waals surface area contributed by atoms with Crippen molar-refractivity contribution in [2.24, 2.45) is 7.05 Å². The lowest BCUT2D eigenvalue weighted by molar-refractivity contribution is 0.0922. The molecular weight excluding hydrogens is 216 g/mol. The van der Waals surface area contributed by atoms with Crippen LogP contribution in [0, 0.1) is 6.92 Å². The number of nitrogens with zero attached hydrogens (tertiary/aromatic N) is 3. The Morgan fingerprint density at radius 2 is 2.00 bits per heavy atom. The van der Waals surface area contributed by atoms with E-state index in [1.807, 2.05) is 6.92 Å². The molecule has 1 aromatic rings. The molecule has 0 aliphatic heterocycles.